The summed E-state index contributed by atoms with van der Waals surface area (Å²) in [4.78, 5) is 18.5. The van der Waals surface area contributed by atoms with E-state index in [0.717, 1.165) is 25.1 Å². The van der Waals surface area contributed by atoms with E-state index >= 15 is 0 Å². The van der Waals surface area contributed by atoms with Crippen molar-refractivity contribution in [1.29, 1.82) is 0 Å². The highest BCUT2D eigenvalue weighted by atomic mass is 28.2. The number of carbonyl (C=O) groups excluding carboxylic acids is 1. The fourth-order valence-electron chi connectivity index (χ4n) is 3.04. The van der Waals surface area contributed by atoms with E-state index in [1.54, 1.807) is 6.33 Å². The Morgan fingerprint density at radius 1 is 1.33 bits per heavy atom. The second-order valence-electron chi connectivity index (χ2n) is 8.33. The maximum absolute atomic E-state index is 12.3. The first-order valence-corrected chi connectivity index (χ1v) is 9.77. The van der Waals surface area contributed by atoms with E-state index in [-0.39, 0.29) is 10.9 Å². The summed E-state index contributed by atoms with van der Waals surface area (Å²) in [6.45, 7) is 14.3. The molecule has 24 heavy (non-hydrogen) atoms. The van der Waals surface area contributed by atoms with Gasteiger partial charge in [-0.15, -0.1) is 0 Å². The van der Waals surface area contributed by atoms with Gasteiger partial charge in [-0.3, -0.25) is 4.79 Å². The molecule has 0 aromatic carbocycles. The smallest absolute Gasteiger partial charge is 0.237 e. The third-order valence-electron chi connectivity index (χ3n) is 4.26. The summed E-state index contributed by atoms with van der Waals surface area (Å²) in [7, 11) is 0.405. The third kappa shape index (κ3) is 4.93. The number of rotatable bonds is 7. The highest BCUT2D eigenvalue weighted by Gasteiger charge is 2.32. The van der Waals surface area contributed by atoms with Crippen molar-refractivity contribution in [2.75, 3.05) is 6.54 Å². The van der Waals surface area contributed by atoms with Crippen LogP contribution in [0.1, 0.15) is 66.5 Å². The molecule has 1 saturated heterocycles. The van der Waals surface area contributed by atoms with Crippen LogP contribution in [0.15, 0.2) is 12.5 Å². The SMILES string of the molecule is CCCC1CC(=O)N(Cn2cncc2C(C)(C)O[Si]C(C)(C)C)C1. The van der Waals surface area contributed by atoms with Crippen molar-refractivity contribution in [3.8, 4) is 0 Å². The molecule has 1 aliphatic rings. The van der Waals surface area contributed by atoms with Crippen LogP contribution < -0.4 is 0 Å². The number of nitrogens with zero attached hydrogens (tertiary/aromatic N) is 3. The Bertz CT molecular complexity index is 563. The molecule has 0 N–H and O–H groups in total. The van der Waals surface area contributed by atoms with Gasteiger partial charge in [0.2, 0.25) is 15.7 Å². The molecular weight excluding hydrogens is 318 g/mol. The van der Waals surface area contributed by atoms with Crippen LogP contribution in [0.3, 0.4) is 0 Å². The van der Waals surface area contributed by atoms with E-state index in [2.05, 4.69) is 51.1 Å². The zero-order valence-corrected chi connectivity index (χ0v) is 16.9. The van der Waals surface area contributed by atoms with Crippen LogP contribution in [-0.2, 0) is 21.5 Å². The fraction of sp³-hybridized carbons (Fsp3) is 0.778. The van der Waals surface area contributed by atoms with Gasteiger partial charge in [-0.2, -0.15) is 0 Å². The summed E-state index contributed by atoms with van der Waals surface area (Å²) in [5.74, 6) is 0.754. The van der Waals surface area contributed by atoms with Gasteiger partial charge in [0, 0.05) is 13.0 Å². The lowest BCUT2D eigenvalue weighted by molar-refractivity contribution is -0.129. The standard InChI is InChI=1S/C18H31N3O2Si/c1-7-8-14-9-16(22)20(11-14)13-21-12-19-10-15(21)18(5,6)23-24-17(2,3)4/h10,12,14H,7-9,11,13H2,1-6H3. The topological polar surface area (TPSA) is 47.4 Å². The summed E-state index contributed by atoms with van der Waals surface area (Å²) < 4.78 is 8.25. The minimum atomic E-state index is -0.423. The highest BCUT2D eigenvalue weighted by molar-refractivity contribution is 6.31. The molecule has 1 atom stereocenters. The predicted octanol–water partition coefficient (Wildman–Crippen LogP) is 3.58. The third-order valence-corrected chi connectivity index (χ3v) is 5.48. The van der Waals surface area contributed by atoms with Gasteiger partial charge in [0.15, 0.2) is 0 Å². The van der Waals surface area contributed by atoms with Gasteiger partial charge in [-0.25, -0.2) is 4.98 Å². The van der Waals surface area contributed by atoms with Gasteiger partial charge in [0.25, 0.3) is 0 Å². The van der Waals surface area contributed by atoms with Crippen molar-refractivity contribution < 1.29 is 9.22 Å². The van der Waals surface area contributed by atoms with Crippen LogP contribution in [0.25, 0.3) is 0 Å². The van der Waals surface area contributed by atoms with Crippen LogP contribution in [0.5, 0.6) is 0 Å². The van der Waals surface area contributed by atoms with Crippen LogP contribution in [0.2, 0.25) is 5.04 Å². The van der Waals surface area contributed by atoms with Crippen molar-refractivity contribution in [3.63, 3.8) is 0 Å². The quantitative estimate of drug-likeness (QED) is 0.707. The van der Waals surface area contributed by atoms with Crippen LogP contribution >= 0.6 is 0 Å². The molecule has 6 heteroatoms. The monoisotopic (exact) mass is 349 g/mol. The van der Waals surface area contributed by atoms with Crippen molar-refractivity contribution in [1.82, 2.24) is 14.5 Å². The first-order valence-electron chi connectivity index (χ1n) is 8.86. The summed E-state index contributed by atoms with van der Waals surface area (Å²) in [6, 6.07) is 0. The number of amides is 1. The molecule has 1 aromatic rings. The molecule has 134 valence electrons. The Morgan fingerprint density at radius 2 is 2.04 bits per heavy atom. The molecule has 1 unspecified atom stereocenters. The van der Waals surface area contributed by atoms with Crippen molar-refractivity contribution in [3.05, 3.63) is 18.2 Å². The van der Waals surface area contributed by atoms with E-state index in [1.807, 2.05) is 11.1 Å². The Balaban J connectivity index is 2.06. The Morgan fingerprint density at radius 3 is 2.67 bits per heavy atom. The molecule has 1 aromatic heterocycles. The van der Waals surface area contributed by atoms with E-state index in [4.69, 9.17) is 4.43 Å². The second-order valence-corrected chi connectivity index (χ2v) is 10.2. The average molecular weight is 350 g/mol. The number of hydrogen-bond donors (Lipinski definition) is 0. The van der Waals surface area contributed by atoms with Crippen LogP contribution in [0, 0.1) is 5.92 Å². The molecular formula is C18H31N3O2Si. The summed E-state index contributed by atoms with van der Waals surface area (Å²) >= 11 is 0. The predicted molar refractivity (Wildman–Crippen MR) is 96.5 cm³/mol. The number of imidazole rings is 1. The van der Waals surface area contributed by atoms with Gasteiger partial charge >= 0.3 is 0 Å². The normalized spacial score (nSPS) is 19.3. The molecule has 2 radical (unpaired) electrons. The summed E-state index contributed by atoms with van der Waals surface area (Å²) in [6.07, 6.45) is 6.61. The molecule has 1 aliphatic heterocycles. The van der Waals surface area contributed by atoms with Gasteiger partial charge in [0.05, 0.1) is 30.5 Å². The van der Waals surface area contributed by atoms with Crippen molar-refractivity contribution >= 4 is 15.7 Å². The minimum absolute atomic E-state index is 0.139. The van der Waals surface area contributed by atoms with Gasteiger partial charge < -0.3 is 13.9 Å². The van der Waals surface area contributed by atoms with Crippen LogP contribution in [-0.4, -0.2) is 36.7 Å². The maximum Gasteiger partial charge on any atom is 0.237 e. The molecule has 0 bridgehead atoms. The van der Waals surface area contributed by atoms with Crippen molar-refractivity contribution in [2.24, 2.45) is 5.92 Å². The number of likely N-dealkylation sites (tertiary alicyclic amines) is 1. The van der Waals surface area contributed by atoms with Crippen molar-refractivity contribution in [2.45, 2.75) is 78.1 Å². The molecule has 0 aliphatic carbocycles. The van der Waals surface area contributed by atoms with Gasteiger partial charge in [-0.1, -0.05) is 34.1 Å². The lowest BCUT2D eigenvalue weighted by atomic mass is 10.0. The fourth-order valence-corrected chi connectivity index (χ4v) is 3.71. The largest absolute Gasteiger partial charge is 0.406 e. The molecule has 1 fully saturated rings. The first kappa shape index (κ1) is 19.2. The summed E-state index contributed by atoms with van der Waals surface area (Å²) in [5.41, 5.74) is 0.597. The highest BCUT2D eigenvalue weighted by Crippen LogP contribution is 2.30. The molecule has 1 amide bonds. The van der Waals surface area contributed by atoms with Gasteiger partial charge in [0.1, 0.15) is 0 Å². The first-order chi connectivity index (χ1) is 11.1. The zero-order chi connectivity index (χ0) is 18.0. The lowest BCUT2D eigenvalue weighted by Crippen LogP contribution is -2.33. The molecule has 5 nitrogen and oxygen atoms in total. The van der Waals surface area contributed by atoms with Crippen LogP contribution in [0.4, 0.5) is 0 Å². The van der Waals surface area contributed by atoms with E-state index in [1.165, 1.54) is 0 Å². The second kappa shape index (κ2) is 7.40. The lowest BCUT2D eigenvalue weighted by Gasteiger charge is -2.31. The zero-order valence-electron chi connectivity index (χ0n) is 15.9. The Labute approximate surface area is 148 Å². The maximum atomic E-state index is 12.3. The minimum Gasteiger partial charge on any atom is -0.406 e. The van der Waals surface area contributed by atoms with E-state index < -0.39 is 5.60 Å². The van der Waals surface area contributed by atoms with Gasteiger partial charge in [-0.05, 0) is 31.2 Å². The molecule has 0 saturated carbocycles. The molecule has 2 heterocycles. The number of hydrogen-bond acceptors (Lipinski definition) is 3. The van der Waals surface area contributed by atoms with E-state index in [9.17, 15) is 4.79 Å². The van der Waals surface area contributed by atoms with E-state index in [0.29, 0.717) is 28.8 Å². The molecule has 2 rings (SSSR count). The average Bonchev–Trinajstić information content (AvgIpc) is 3.05. The number of carbonyl (C=O) groups is 1. The summed E-state index contributed by atoms with van der Waals surface area (Å²) in [5, 5.41) is 0.139. The molecule has 0 spiro atoms. The number of aromatic nitrogens is 2. The Hall–Kier alpha value is -1.14. The Kier molecular flexibility index (Phi) is 5.91.